The van der Waals surface area contributed by atoms with Crippen LogP contribution in [0.1, 0.15) is 46.2 Å². The molecule has 1 aromatic carbocycles. The number of carboxylic acid groups (broad SMARTS) is 1. The lowest BCUT2D eigenvalue weighted by molar-refractivity contribution is -0.139. The van der Waals surface area contributed by atoms with Crippen molar-refractivity contribution >= 4 is 17.7 Å². The first-order valence-corrected chi connectivity index (χ1v) is 12.1. The highest BCUT2D eigenvalue weighted by molar-refractivity contribution is 5.97. The van der Waals surface area contributed by atoms with Crippen LogP contribution in [-0.4, -0.2) is 46.1 Å². The summed E-state index contributed by atoms with van der Waals surface area (Å²) in [7, 11) is 0. The van der Waals surface area contributed by atoms with Crippen LogP contribution in [0.15, 0.2) is 48.7 Å². The molecule has 3 heterocycles. The Kier molecular flexibility index (Phi) is 8.10. The number of amides is 1. The maximum atomic E-state index is 13.5. The third-order valence-corrected chi connectivity index (χ3v) is 6.09. The van der Waals surface area contributed by atoms with Gasteiger partial charge in [-0.2, -0.15) is 0 Å². The highest BCUT2D eigenvalue weighted by atomic mass is 19.1. The lowest BCUT2D eigenvalue weighted by Crippen LogP contribution is -2.42. The number of hydrogen-bond donors (Lipinski definition) is 3. The number of anilines is 1. The number of halogens is 1. The molecule has 4 rings (SSSR count). The largest absolute Gasteiger partial charge is 0.492 e. The lowest BCUT2D eigenvalue weighted by atomic mass is 10.0. The summed E-state index contributed by atoms with van der Waals surface area (Å²) >= 11 is 0. The third-order valence-electron chi connectivity index (χ3n) is 6.09. The minimum absolute atomic E-state index is 0.00392. The summed E-state index contributed by atoms with van der Waals surface area (Å²) in [4.78, 5) is 33.4. The molecule has 1 atom stereocenters. The first-order valence-electron chi connectivity index (χ1n) is 12.1. The maximum absolute atomic E-state index is 13.5. The zero-order chi connectivity index (χ0) is 25.5. The predicted octanol–water partition coefficient (Wildman–Crippen LogP) is 3.58. The van der Waals surface area contributed by atoms with Gasteiger partial charge in [0.2, 0.25) is 0 Å². The first kappa shape index (κ1) is 25.1. The van der Waals surface area contributed by atoms with E-state index in [0.717, 1.165) is 30.9 Å². The SMILES string of the molecule is CCc1cc(F)ccc1C(=O)N[C@@H](Cc1ccc(OCCc2ccc3c(n2)NCCC3)cn1)C(=O)O. The van der Waals surface area contributed by atoms with Crippen LogP contribution in [0.4, 0.5) is 10.2 Å². The number of fused-ring (bicyclic) bond motifs is 1. The second-order valence-corrected chi connectivity index (χ2v) is 8.65. The molecule has 3 N–H and O–H groups in total. The number of carbonyl (C=O) groups excluding carboxylic acids is 1. The molecule has 0 fully saturated rings. The molecule has 2 aromatic heterocycles. The number of aromatic nitrogens is 2. The van der Waals surface area contributed by atoms with E-state index in [4.69, 9.17) is 4.74 Å². The van der Waals surface area contributed by atoms with Crippen molar-refractivity contribution < 1.29 is 23.8 Å². The van der Waals surface area contributed by atoms with Gasteiger partial charge in [0.15, 0.2) is 0 Å². The standard InChI is InChI=1S/C27H29FN4O4/c1-2-17-14-19(28)6-10-23(17)26(33)32-24(27(34)35)15-21-8-9-22(16-30-21)36-13-11-20-7-5-18-4-3-12-29-25(18)31-20/h5-10,14,16,24H,2-4,11-13,15H2,1H3,(H,29,31)(H,32,33)(H,34,35)/t24-/m0/s1. The second kappa shape index (κ2) is 11.6. The number of benzene rings is 1. The number of nitrogens with zero attached hydrogens (tertiary/aromatic N) is 2. The highest BCUT2D eigenvalue weighted by Gasteiger charge is 2.23. The molecule has 1 amide bonds. The predicted molar refractivity (Wildman–Crippen MR) is 133 cm³/mol. The van der Waals surface area contributed by atoms with E-state index in [1.54, 1.807) is 19.1 Å². The summed E-state index contributed by atoms with van der Waals surface area (Å²) in [5.41, 5.74) is 3.45. The van der Waals surface area contributed by atoms with Crippen LogP contribution in [0, 0.1) is 5.82 Å². The zero-order valence-corrected chi connectivity index (χ0v) is 20.1. The molecular weight excluding hydrogens is 463 g/mol. The van der Waals surface area contributed by atoms with Crippen molar-refractivity contribution in [3.8, 4) is 5.75 Å². The van der Waals surface area contributed by atoms with E-state index in [0.29, 0.717) is 36.5 Å². The van der Waals surface area contributed by atoms with Crippen molar-refractivity contribution in [1.82, 2.24) is 15.3 Å². The monoisotopic (exact) mass is 492 g/mol. The number of aryl methyl sites for hydroxylation is 2. The van der Waals surface area contributed by atoms with Crippen LogP contribution < -0.4 is 15.4 Å². The zero-order valence-electron chi connectivity index (χ0n) is 20.1. The number of nitrogens with one attached hydrogen (secondary N) is 2. The number of pyridine rings is 2. The molecular formula is C27H29FN4O4. The Morgan fingerprint density at radius 2 is 2.03 bits per heavy atom. The second-order valence-electron chi connectivity index (χ2n) is 8.65. The fourth-order valence-corrected chi connectivity index (χ4v) is 4.12. The van der Waals surface area contributed by atoms with Crippen molar-refractivity contribution in [3.63, 3.8) is 0 Å². The Balaban J connectivity index is 1.31. The van der Waals surface area contributed by atoms with Gasteiger partial charge in [0.05, 0.1) is 12.8 Å². The molecule has 0 saturated carbocycles. The molecule has 3 aromatic rings. The number of carboxylic acids is 1. The average Bonchev–Trinajstić information content (AvgIpc) is 2.89. The minimum atomic E-state index is -1.18. The van der Waals surface area contributed by atoms with Gasteiger partial charge in [0.1, 0.15) is 23.4 Å². The molecule has 0 saturated heterocycles. The molecule has 0 unspecified atom stereocenters. The van der Waals surface area contributed by atoms with Gasteiger partial charge in [-0.05, 0) is 66.8 Å². The summed E-state index contributed by atoms with van der Waals surface area (Å²) in [6, 6.07) is 10.2. The Hall–Kier alpha value is -4.01. The first-order chi connectivity index (χ1) is 17.4. The van der Waals surface area contributed by atoms with E-state index in [9.17, 15) is 19.1 Å². The van der Waals surface area contributed by atoms with Gasteiger partial charge < -0.3 is 20.5 Å². The summed E-state index contributed by atoms with van der Waals surface area (Å²) in [6.45, 7) is 3.17. The van der Waals surface area contributed by atoms with Gasteiger partial charge in [-0.25, -0.2) is 14.2 Å². The number of rotatable bonds is 10. The minimum Gasteiger partial charge on any atom is -0.492 e. The van der Waals surface area contributed by atoms with E-state index in [1.807, 2.05) is 6.07 Å². The molecule has 0 spiro atoms. The molecule has 9 heteroatoms. The van der Waals surface area contributed by atoms with E-state index < -0.39 is 23.7 Å². The smallest absolute Gasteiger partial charge is 0.326 e. The van der Waals surface area contributed by atoms with Gasteiger partial charge in [-0.15, -0.1) is 0 Å². The van der Waals surface area contributed by atoms with Gasteiger partial charge in [-0.1, -0.05) is 13.0 Å². The van der Waals surface area contributed by atoms with Gasteiger partial charge in [0.25, 0.3) is 5.91 Å². The van der Waals surface area contributed by atoms with E-state index >= 15 is 0 Å². The van der Waals surface area contributed by atoms with E-state index in [1.165, 1.54) is 30.0 Å². The molecule has 8 nitrogen and oxygen atoms in total. The fourth-order valence-electron chi connectivity index (χ4n) is 4.12. The van der Waals surface area contributed by atoms with Crippen LogP contribution >= 0.6 is 0 Å². The van der Waals surface area contributed by atoms with Crippen molar-refractivity contribution in [3.05, 3.63) is 82.6 Å². The molecule has 0 radical (unpaired) electrons. The molecule has 1 aliphatic rings. The summed E-state index contributed by atoms with van der Waals surface area (Å²) in [6.07, 6.45) is 4.78. The molecule has 36 heavy (non-hydrogen) atoms. The quantitative estimate of drug-likeness (QED) is 0.396. The van der Waals surface area contributed by atoms with Crippen molar-refractivity contribution in [1.29, 1.82) is 0 Å². The van der Waals surface area contributed by atoms with Crippen molar-refractivity contribution in [2.24, 2.45) is 0 Å². The fraction of sp³-hybridized carbons (Fsp3) is 0.333. The third kappa shape index (κ3) is 6.35. The summed E-state index contributed by atoms with van der Waals surface area (Å²) in [5, 5.41) is 15.5. The molecule has 188 valence electrons. The van der Waals surface area contributed by atoms with E-state index in [-0.39, 0.29) is 12.0 Å². The maximum Gasteiger partial charge on any atom is 0.326 e. The van der Waals surface area contributed by atoms with Crippen molar-refractivity contribution in [2.45, 2.75) is 45.1 Å². The van der Waals surface area contributed by atoms with Crippen LogP contribution in [0.25, 0.3) is 0 Å². The van der Waals surface area contributed by atoms with Gasteiger partial charge in [-0.3, -0.25) is 9.78 Å². The van der Waals surface area contributed by atoms with Crippen LogP contribution in [0.2, 0.25) is 0 Å². The van der Waals surface area contributed by atoms with Gasteiger partial charge in [0, 0.05) is 36.3 Å². The summed E-state index contributed by atoms with van der Waals surface area (Å²) in [5.74, 6) is -0.677. The van der Waals surface area contributed by atoms with Crippen LogP contribution in [0.5, 0.6) is 5.75 Å². The Morgan fingerprint density at radius 1 is 1.19 bits per heavy atom. The normalized spacial score (nSPS) is 13.3. The Bertz CT molecular complexity index is 1230. The van der Waals surface area contributed by atoms with E-state index in [2.05, 4.69) is 26.7 Å². The summed E-state index contributed by atoms with van der Waals surface area (Å²) < 4.78 is 19.3. The molecule has 0 bridgehead atoms. The topological polar surface area (TPSA) is 113 Å². The number of aliphatic carboxylic acids is 1. The number of ether oxygens (including phenoxy) is 1. The lowest BCUT2D eigenvalue weighted by Gasteiger charge is -2.17. The number of hydrogen-bond acceptors (Lipinski definition) is 6. The average molecular weight is 493 g/mol. The molecule has 0 aliphatic carbocycles. The number of carbonyl (C=O) groups is 2. The highest BCUT2D eigenvalue weighted by Crippen LogP contribution is 2.20. The Labute approximate surface area is 208 Å². The Morgan fingerprint density at radius 3 is 2.78 bits per heavy atom. The van der Waals surface area contributed by atoms with Crippen LogP contribution in [0.3, 0.4) is 0 Å². The van der Waals surface area contributed by atoms with Gasteiger partial charge >= 0.3 is 5.97 Å². The van der Waals surface area contributed by atoms with Crippen molar-refractivity contribution in [2.75, 3.05) is 18.5 Å². The van der Waals surface area contributed by atoms with Crippen LogP contribution in [-0.2, 0) is 30.5 Å². The molecule has 1 aliphatic heterocycles.